The van der Waals surface area contributed by atoms with Gasteiger partial charge in [-0.3, -0.25) is 0 Å². The third-order valence-electron chi connectivity index (χ3n) is 3.35. The lowest BCUT2D eigenvalue weighted by Crippen LogP contribution is -2.30. The van der Waals surface area contributed by atoms with E-state index in [-0.39, 0.29) is 12.2 Å². The fraction of sp³-hybridized carbons (Fsp3) is 0.200. The van der Waals surface area contributed by atoms with Gasteiger partial charge in [-0.05, 0) is 16.7 Å². The van der Waals surface area contributed by atoms with Crippen LogP contribution in [0.3, 0.4) is 0 Å². The summed E-state index contributed by atoms with van der Waals surface area (Å²) in [6.45, 7) is -0.290. The van der Waals surface area contributed by atoms with Gasteiger partial charge in [0.1, 0.15) is 0 Å². The van der Waals surface area contributed by atoms with Crippen LogP contribution in [0.4, 0.5) is 13.2 Å². The molecule has 1 heterocycles. The first kappa shape index (κ1) is 12.2. The molecule has 0 radical (unpaired) electrons. The molecule has 1 fully saturated rings. The molecule has 0 amide bonds. The maximum atomic E-state index is 12.9. The topological polar surface area (TPSA) is 12.5 Å². The zero-order valence-electron chi connectivity index (χ0n) is 9.95. The van der Waals surface area contributed by atoms with Crippen LogP contribution in [-0.2, 0) is 10.3 Å². The molecule has 0 aliphatic carbocycles. The lowest BCUT2D eigenvalue weighted by molar-refractivity contribution is -0.187. The summed E-state index contributed by atoms with van der Waals surface area (Å²) in [5.74, 6) is 0. The lowest BCUT2D eigenvalue weighted by atomic mass is 9.96. The van der Waals surface area contributed by atoms with E-state index in [2.05, 4.69) is 4.74 Å². The van der Waals surface area contributed by atoms with E-state index in [1.807, 2.05) is 30.3 Å². The Kier molecular flexibility index (Phi) is 2.64. The molecule has 1 saturated heterocycles. The minimum Gasteiger partial charge on any atom is -0.355 e. The average Bonchev–Trinajstić information content (AvgIpc) is 3.21. The molecule has 0 spiro atoms. The second kappa shape index (κ2) is 4.10. The molecule has 1 nitrogen and oxygen atoms in total. The standard InChI is InChI=1S/C15H11F3O/c16-15(17,18)14(10-19-14)13-8-6-12(7-9-13)11-4-2-1-3-5-11/h1-9H,10H2/t14-/m1/s1. The molecule has 0 aromatic heterocycles. The Morgan fingerprint density at radius 2 is 1.37 bits per heavy atom. The van der Waals surface area contributed by atoms with Crippen molar-refractivity contribution in [2.24, 2.45) is 0 Å². The highest BCUT2D eigenvalue weighted by Crippen LogP contribution is 2.51. The molecule has 4 heteroatoms. The molecule has 1 aliphatic rings. The van der Waals surface area contributed by atoms with Gasteiger partial charge in [0, 0.05) is 0 Å². The number of hydrogen-bond donors (Lipinski definition) is 0. The quantitative estimate of drug-likeness (QED) is 0.742. The van der Waals surface area contributed by atoms with Crippen LogP contribution in [0.5, 0.6) is 0 Å². The smallest absolute Gasteiger partial charge is 0.355 e. The van der Waals surface area contributed by atoms with Crippen LogP contribution in [0.25, 0.3) is 11.1 Å². The van der Waals surface area contributed by atoms with E-state index >= 15 is 0 Å². The van der Waals surface area contributed by atoms with E-state index in [1.165, 1.54) is 12.1 Å². The van der Waals surface area contributed by atoms with Crippen molar-refractivity contribution in [2.75, 3.05) is 6.61 Å². The SMILES string of the molecule is FC(F)(F)[C@]1(c2ccc(-c3ccccc3)cc2)CO1. The molecular weight excluding hydrogens is 253 g/mol. The maximum absolute atomic E-state index is 12.9. The van der Waals surface area contributed by atoms with Gasteiger partial charge in [-0.15, -0.1) is 0 Å². The Morgan fingerprint density at radius 1 is 0.842 bits per heavy atom. The number of alkyl halides is 3. The summed E-state index contributed by atoms with van der Waals surface area (Å²) >= 11 is 0. The third-order valence-corrected chi connectivity index (χ3v) is 3.35. The van der Waals surface area contributed by atoms with Gasteiger partial charge >= 0.3 is 6.18 Å². The lowest BCUT2D eigenvalue weighted by Gasteiger charge is -2.16. The van der Waals surface area contributed by atoms with Gasteiger partial charge < -0.3 is 4.74 Å². The minimum absolute atomic E-state index is 0.166. The maximum Gasteiger partial charge on any atom is 0.424 e. The van der Waals surface area contributed by atoms with E-state index in [0.717, 1.165) is 11.1 Å². The molecule has 0 unspecified atom stereocenters. The van der Waals surface area contributed by atoms with Crippen molar-refractivity contribution in [1.29, 1.82) is 0 Å². The van der Waals surface area contributed by atoms with Gasteiger partial charge in [-0.25, -0.2) is 0 Å². The zero-order valence-corrected chi connectivity index (χ0v) is 9.95. The highest BCUT2D eigenvalue weighted by atomic mass is 19.4. The highest BCUT2D eigenvalue weighted by molar-refractivity contribution is 5.63. The third kappa shape index (κ3) is 2.02. The van der Waals surface area contributed by atoms with Crippen molar-refractivity contribution < 1.29 is 17.9 Å². The first-order valence-corrected chi connectivity index (χ1v) is 5.90. The van der Waals surface area contributed by atoms with Crippen molar-refractivity contribution >= 4 is 0 Å². The molecule has 2 aromatic carbocycles. The number of epoxide rings is 1. The van der Waals surface area contributed by atoms with Crippen LogP contribution >= 0.6 is 0 Å². The van der Waals surface area contributed by atoms with Crippen LogP contribution in [0.1, 0.15) is 5.56 Å². The Bertz CT molecular complexity index is 569. The summed E-state index contributed by atoms with van der Waals surface area (Å²) in [5, 5.41) is 0. The molecule has 0 bridgehead atoms. The first-order valence-electron chi connectivity index (χ1n) is 5.90. The molecule has 0 N–H and O–H groups in total. The van der Waals surface area contributed by atoms with Crippen molar-refractivity contribution in [2.45, 2.75) is 11.8 Å². The van der Waals surface area contributed by atoms with Gasteiger partial charge in [-0.1, -0.05) is 54.6 Å². The van der Waals surface area contributed by atoms with Gasteiger partial charge in [0.25, 0.3) is 0 Å². The van der Waals surface area contributed by atoms with Gasteiger partial charge in [0.15, 0.2) is 0 Å². The van der Waals surface area contributed by atoms with Crippen LogP contribution in [0.2, 0.25) is 0 Å². The van der Waals surface area contributed by atoms with Crippen LogP contribution in [0.15, 0.2) is 54.6 Å². The van der Waals surface area contributed by atoms with E-state index in [1.54, 1.807) is 12.1 Å². The van der Waals surface area contributed by atoms with Crippen LogP contribution < -0.4 is 0 Å². The normalized spacial score (nSPS) is 22.3. The van der Waals surface area contributed by atoms with E-state index in [4.69, 9.17) is 0 Å². The molecule has 1 atom stereocenters. The Morgan fingerprint density at radius 3 is 1.84 bits per heavy atom. The van der Waals surface area contributed by atoms with Crippen LogP contribution in [0, 0.1) is 0 Å². The number of rotatable bonds is 2. The fourth-order valence-electron chi connectivity index (χ4n) is 2.13. The van der Waals surface area contributed by atoms with Gasteiger partial charge in [0.05, 0.1) is 6.61 Å². The fourth-order valence-corrected chi connectivity index (χ4v) is 2.13. The largest absolute Gasteiger partial charge is 0.424 e. The molecule has 1 aliphatic heterocycles. The first-order chi connectivity index (χ1) is 9.03. The van der Waals surface area contributed by atoms with E-state index < -0.39 is 11.8 Å². The zero-order chi connectivity index (χ0) is 13.5. The summed E-state index contributed by atoms with van der Waals surface area (Å²) in [6.07, 6.45) is -4.36. The predicted molar refractivity (Wildman–Crippen MR) is 65.6 cm³/mol. The summed E-state index contributed by atoms with van der Waals surface area (Å²) in [4.78, 5) is 0. The second-order valence-electron chi connectivity index (χ2n) is 4.56. The van der Waals surface area contributed by atoms with E-state index in [0.29, 0.717) is 0 Å². The molecule has 0 saturated carbocycles. The number of halogens is 3. The summed E-state index contributed by atoms with van der Waals surface area (Å²) in [7, 11) is 0. The summed E-state index contributed by atoms with van der Waals surface area (Å²) in [5.41, 5.74) is -0.0452. The molecule has 19 heavy (non-hydrogen) atoms. The van der Waals surface area contributed by atoms with Crippen molar-refractivity contribution in [3.8, 4) is 11.1 Å². The highest BCUT2D eigenvalue weighted by Gasteiger charge is 2.67. The van der Waals surface area contributed by atoms with E-state index in [9.17, 15) is 13.2 Å². The van der Waals surface area contributed by atoms with Crippen molar-refractivity contribution in [3.63, 3.8) is 0 Å². The number of benzene rings is 2. The Balaban J connectivity index is 1.93. The molecule has 98 valence electrons. The van der Waals surface area contributed by atoms with Crippen LogP contribution in [-0.4, -0.2) is 12.8 Å². The summed E-state index contributed by atoms with van der Waals surface area (Å²) in [6, 6.07) is 15.9. The van der Waals surface area contributed by atoms with Gasteiger partial charge in [0.2, 0.25) is 5.60 Å². The predicted octanol–water partition coefficient (Wildman–Crippen LogP) is 4.14. The van der Waals surface area contributed by atoms with Crippen molar-refractivity contribution in [3.05, 3.63) is 60.2 Å². The minimum atomic E-state index is -4.36. The number of hydrogen-bond acceptors (Lipinski definition) is 1. The molecule has 2 aromatic rings. The van der Waals surface area contributed by atoms with Crippen molar-refractivity contribution in [1.82, 2.24) is 0 Å². The number of ether oxygens (including phenoxy) is 1. The molecule has 3 rings (SSSR count). The average molecular weight is 264 g/mol. The monoisotopic (exact) mass is 264 g/mol. The summed E-state index contributed by atoms with van der Waals surface area (Å²) < 4.78 is 43.3. The Labute approximate surface area is 108 Å². The Hall–Kier alpha value is -1.81. The molecular formula is C15H11F3O. The van der Waals surface area contributed by atoms with Gasteiger partial charge in [-0.2, -0.15) is 13.2 Å². The second-order valence-corrected chi connectivity index (χ2v) is 4.56.